The first-order valence-electron chi connectivity index (χ1n) is 39.9. The standard InChI is InChI=1S/C29H24O5.C21H22O8.C19H20O3.C18H22O4.C15H14O3/c30-22-7-5-19(6-8-22)28-14-20-4-3-17(1-2-18-9-23(31)15-24(32)10-18)11-27(20)29(28)21-12-25(33)16-26(34)13-21;22-13-7-12(8-14(23)9-13)2-1-11-3-5-15(6-4-11)29-17-10-16(21(27)28)18(24)20(26)19(17)25;1-13(2)3-7-16-9-14(6-8-19(16)22)4-5-15-10-17(20)12-18(21)11-15;1-22-18-5-4-16(17(9-18)12-21)3-2-13-6-14(10-19)8-15(7-13)11-20;1-18-15-6-4-11(5-7-15)2-3-12-8-13(16)10-14(17)9-12/h1-13,15-16,28-34H,14H2;1-9,16-20,22-26H,10H2,(H,27,28);3,6-12,20-22H,1,4-5H2,2H3;4-9,19-21H,2-3,10-12H2,1H3;2-10,16-17H,1H3/b2*2-1+;7-3+;;3-2-. The molecule has 0 spiro atoms. The van der Waals surface area contributed by atoms with Crippen LogP contribution in [0, 0.1) is 5.92 Å². The third-order valence-electron chi connectivity index (χ3n) is 20.8. The minimum absolute atomic E-state index is 0.00546. The molecule has 23 heteroatoms. The molecule has 19 N–H and O–H groups in total. The van der Waals surface area contributed by atoms with Crippen LogP contribution in [0.15, 0.2) is 255 Å². The summed E-state index contributed by atoms with van der Waals surface area (Å²) >= 11 is 0. The molecule has 0 aliphatic heterocycles. The van der Waals surface area contributed by atoms with Crippen molar-refractivity contribution in [3.8, 4) is 86.2 Å². The molecule has 0 amide bonds. The number of fused-ring (bicyclic) bond motifs is 1. The summed E-state index contributed by atoms with van der Waals surface area (Å²) in [6, 6.07) is 67.0. The van der Waals surface area contributed by atoms with E-state index in [9.17, 15) is 102 Å². The summed E-state index contributed by atoms with van der Waals surface area (Å²) in [6.45, 7) is 5.60. The fourth-order valence-corrected chi connectivity index (χ4v) is 14.6. The molecule has 1 fully saturated rings. The Morgan fingerprint density at radius 2 is 0.816 bits per heavy atom. The highest BCUT2D eigenvalue weighted by Gasteiger charge is 2.47. The molecule has 648 valence electrons. The first kappa shape index (κ1) is 92.8. The quantitative estimate of drug-likeness (QED) is 0.0197. The maximum atomic E-state index is 11.2. The molecule has 0 saturated heterocycles. The molecule has 7 atom stereocenters. The second kappa shape index (κ2) is 44.4. The van der Waals surface area contributed by atoms with E-state index in [2.05, 4.69) is 18.7 Å². The summed E-state index contributed by atoms with van der Waals surface area (Å²) in [4.78, 5) is 11.2. The number of aliphatic carboxylic acids is 1. The Balaban J connectivity index is 0.000000166. The lowest BCUT2D eigenvalue weighted by molar-refractivity contribution is -0.174. The summed E-state index contributed by atoms with van der Waals surface area (Å²) in [5, 5.41) is 183. The summed E-state index contributed by atoms with van der Waals surface area (Å²) in [5.41, 5.74) is 17.1. The van der Waals surface area contributed by atoms with Gasteiger partial charge in [0.25, 0.3) is 0 Å². The van der Waals surface area contributed by atoms with Crippen LogP contribution >= 0.6 is 0 Å². The van der Waals surface area contributed by atoms with Gasteiger partial charge in [-0.1, -0.05) is 146 Å². The van der Waals surface area contributed by atoms with E-state index in [0.29, 0.717) is 23.3 Å². The molecular formula is C102H102O23. The lowest BCUT2D eigenvalue weighted by atomic mass is 9.81. The van der Waals surface area contributed by atoms with Gasteiger partial charge in [0.1, 0.15) is 105 Å². The number of aryl methyl sites for hydroxylation is 4. The lowest BCUT2D eigenvalue weighted by Gasteiger charge is -2.38. The number of hydrogen-bond acceptors (Lipinski definition) is 22. The Bertz CT molecular complexity index is 5650. The van der Waals surface area contributed by atoms with Crippen LogP contribution in [-0.4, -0.2) is 142 Å². The van der Waals surface area contributed by atoms with E-state index in [4.69, 9.17) is 14.2 Å². The van der Waals surface area contributed by atoms with Gasteiger partial charge in [-0.15, -0.1) is 0 Å². The fourth-order valence-electron chi connectivity index (χ4n) is 14.6. The highest BCUT2D eigenvalue weighted by molar-refractivity contribution is 5.75. The second-order valence-corrected chi connectivity index (χ2v) is 30.3. The third-order valence-corrected chi connectivity index (χ3v) is 20.8. The van der Waals surface area contributed by atoms with Crippen LogP contribution in [0.25, 0.3) is 42.5 Å². The van der Waals surface area contributed by atoms with E-state index < -0.39 is 36.3 Å². The van der Waals surface area contributed by atoms with Gasteiger partial charge in [0.2, 0.25) is 0 Å². The Morgan fingerprint density at radius 1 is 0.376 bits per heavy atom. The van der Waals surface area contributed by atoms with Crippen LogP contribution in [-0.2, 0) is 56.7 Å². The number of phenols is 12. The SMILES string of the molecule is C=C(C)/C=C/c1cc(CCc2cc(O)cc(O)c2)ccc1O.COc1ccc(/C=C\c2cc(O)cc(O)c2)cc1.COc1ccc(CCc2cc(CO)cc(CO)c2)c(CO)c1.O=C(O)C1CC(Oc2ccc(/C=C/c3cc(O)cc(O)c3)cc2)C(O)C(O)C1O.Oc1ccc(C2Cc3ccc(/C=C/c4cc(O)cc(O)c4)cc3C2c2cc(O)cc(O)c2)cc1. The van der Waals surface area contributed by atoms with Crippen molar-refractivity contribution in [3.63, 3.8) is 0 Å². The molecule has 12 aromatic rings. The number of aliphatic hydroxyl groups is 6. The minimum Gasteiger partial charge on any atom is -0.508 e. The molecule has 0 bridgehead atoms. The van der Waals surface area contributed by atoms with Crippen molar-refractivity contribution < 1.29 is 116 Å². The number of aromatic hydroxyl groups is 12. The number of carbonyl (C=O) groups is 1. The first-order chi connectivity index (χ1) is 59.9. The number of ether oxygens (including phenoxy) is 3. The fraction of sp³-hybridized carbons (Fsp3) is 0.186. The molecule has 14 rings (SSSR count). The van der Waals surface area contributed by atoms with Crippen LogP contribution in [0.1, 0.15) is 125 Å². The van der Waals surface area contributed by atoms with E-state index >= 15 is 0 Å². The number of benzene rings is 12. The predicted octanol–water partition coefficient (Wildman–Crippen LogP) is 16.5. The lowest BCUT2D eigenvalue weighted by Crippen LogP contribution is -2.57. The summed E-state index contributed by atoms with van der Waals surface area (Å²) < 4.78 is 15.9. The van der Waals surface area contributed by atoms with Gasteiger partial charge in [0.05, 0.1) is 46.1 Å². The van der Waals surface area contributed by atoms with E-state index in [1.807, 2.05) is 128 Å². The Kier molecular flexibility index (Phi) is 33.0. The van der Waals surface area contributed by atoms with E-state index in [-0.39, 0.29) is 107 Å². The molecule has 125 heavy (non-hydrogen) atoms. The highest BCUT2D eigenvalue weighted by atomic mass is 16.5. The van der Waals surface area contributed by atoms with Crippen LogP contribution in [0.2, 0.25) is 0 Å². The maximum Gasteiger partial charge on any atom is 0.309 e. The van der Waals surface area contributed by atoms with Crippen LogP contribution in [0.4, 0.5) is 0 Å². The number of methoxy groups -OCH3 is 2. The van der Waals surface area contributed by atoms with Gasteiger partial charge < -0.3 is 111 Å². The number of carboxylic acid groups (broad SMARTS) is 1. The number of hydrogen-bond donors (Lipinski definition) is 19. The largest absolute Gasteiger partial charge is 0.508 e. The van der Waals surface area contributed by atoms with Crippen LogP contribution in [0.5, 0.6) is 86.2 Å². The summed E-state index contributed by atoms with van der Waals surface area (Å²) in [5.74, 6) is -0.0718. The molecule has 0 aromatic heterocycles. The number of rotatable bonds is 24. The average Bonchev–Trinajstić information content (AvgIpc) is 1.61. The van der Waals surface area contributed by atoms with Gasteiger partial charge in [-0.25, -0.2) is 0 Å². The normalized spacial score (nSPS) is 16.3. The molecule has 0 radical (unpaired) electrons. The van der Waals surface area contributed by atoms with Gasteiger partial charge in [-0.2, -0.15) is 0 Å². The van der Waals surface area contributed by atoms with Crippen molar-refractivity contribution in [1.82, 2.24) is 0 Å². The molecule has 2 aliphatic rings. The van der Waals surface area contributed by atoms with Gasteiger partial charge in [0.15, 0.2) is 0 Å². The molecule has 7 unspecified atom stereocenters. The van der Waals surface area contributed by atoms with E-state index in [0.717, 1.165) is 126 Å². The molecule has 2 aliphatic carbocycles. The monoisotopic (exact) mass is 1690 g/mol. The van der Waals surface area contributed by atoms with Gasteiger partial charge >= 0.3 is 5.97 Å². The van der Waals surface area contributed by atoms with Crippen LogP contribution in [0.3, 0.4) is 0 Å². The predicted molar refractivity (Wildman–Crippen MR) is 480 cm³/mol. The van der Waals surface area contributed by atoms with Gasteiger partial charge in [-0.3, -0.25) is 4.79 Å². The smallest absolute Gasteiger partial charge is 0.309 e. The highest BCUT2D eigenvalue weighted by Crippen LogP contribution is 2.50. The Morgan fingerprint density at radius 3 is 1.30 bits per heavy atom. The molecule has 0 heterocycles. The van der Waals surface area contributed by atoms with Gasteiger partial charge in [0, 0.05) is 48.2 Å². The van der Waals surface area contributed by atoms with Crippen molar-refractivity contribution in [2.75, 3.05) is 14.2 Å². The number of phenolic OH excluding ortho intramolecular Hbond substituents is 12. The zero-order chi connectivity index (χ0) is 90.0. The van der Waals surface area contributed by atoms with Crippen molar-refractivity contribution in [2.45, 2.75) is 102 Å². The zero-order valence-corrected chi connectivity index (χ0v) is 68.9. The summed E-state index contributed by atoms with van der Waals surface area (Å²) in [6.07, 6.45) is 12.7. The maximum absolute atomic E-state index is 11.2. The zero-order valence-electron chi connectivity index (χ0n) is 68.9. The average molecular weight is 1700 g/mol. The van der Waals surface area contributed by atoms with Crippen molar-refractivity contribution >= 4 is 48.5 Å². The molecule has 23 nitrogen and oxygen atoms in total. The Labute approximate surface area is 723 Å². The number of carboxylic acids is 1. The second-order valence-electron chi connectivity index (χ2n) is 30.3. The number of allylic oxidation sites excluding steroid dienone is 2. The molecular weight excluding hydrogens is 1590 g/mol. The molecule has 1 saturated carbocycles. The van der Waals surface area contributed by atoms with E-state index in [1.54, 1.807) is 123 Å². The van der Waals surface area contributed by atoms with Crippen molar-refractivity contribution in [3.05, 3.63) is 355 Å². The van der Waals surface area contributed by atoms with Crippen LogP contribution < -0.4 is 14.2 Å². The topological polar surface area (TPSA) is 429 Å². The third kappa shape index (κ3) is 27.5. The van der Waals surface area contributed by atoms with E-state index in [1.165, 1.54) is 48.0 Å². The van der Waals surface area contributed by atoms with Crippen molar-refractivity contribution in [1.29, 1.82) is 0 Å². The Hall–Kier alpha value is -14.4. The minimum atomic E-state index is -1.62. The first-order valence-corrected chi connectivity index (χ1v) is 39.9. The molecule has 12 aromatic carbocycles. The number of aliphatic hydroxyl groups excluding tert-OH is 6. The van der Waals surface area contributed by atoms with Gasteiger partial charge in [-0.05, 0) is 261 Å². The summed E-state index contributed by atoms with van der Waals surface area (Å²) in [7, 11) is 3.23. The van der Waals surface area contributed by atoms with Crippen molar-refractivity contribution in [2.24, 2.45) is 5.92 Å².